The molecule has 250 valence electrons. The molecule has 0 aromatic heterocycles. The summed E-state index contributed by atoms with van der Waals surface area (Å²) < 4.78 is 22.5. The molecule has 0 radical (unpaired) electrons. The lowest BCUT2D eigenvalue weighted by Gasteiger charge is -2.49. The lowest BCUT2D eigenvalue weighted by Crippen LogP contribution is -2.69. The van der Waals surface area contributed by atoms with Crippen LogP contribution in [0, 0.1) is 0 Å². The Morgan fingerprint density at radius 1 is 0.833 bits per heavy atom. The Bertz CT molecular complexity index is 827. The van der Waals surface area contributed by atoms with Crippen LogP contribution < -0.4 is 28.3 Å². The minimum atomic E-state index is -1.76. The predicted octanol–water partition coefficient (Wildman–Crippen LogP) is -8.20. The number of rotatable bonds is 10. The fraction of sp³-hybridized carbons (Fsp3) is 0.955. The van der Waals surface area contributed by atoms with Gasteiger partial charge in [0.25, 0.3) is 0 Å². The molecule has 0 bridgehead atoms. The molecule has 20 heteroatoms. The van der Waals surface area contributed by atoms with Crippen molar-refractivity contribution in [3.05, 3.63) is 0 Å². The smallest absolute Gasteiger partial charge is 0.249 e. The van der Waals surface area contributed by atoms with Crippen LogP contribution in [0.15, 0.2) is 0 Å². The number of carbonyl (C=O) groups excluding carboxylic acids is 1. The summed E-state index contributed by atoms with van der Waals surface area (Å²) in [6.07, 6.45) is -19.8. The highest BCUT2D eigenvalue weighted by Gasteiger charge is 2.52. The number of hydrogen-bond donors (Lipinski definition) is 13. The third-order valence-electron chi connectivity index (χ3n) is 7.51. The van der Waals surface area contributed by atoms with Gasteiger partial charge in [-0.25, -0.2) is 0 Å². The lowest BCUT2D eigenvalue weighted by molar-refractivity contribution is -0.332. The first kappa shape index (κ1) is 39.6. The first-order chi connectivity index (χ1) is 18.9. The fourth-order valence-corrected chi connectivity index (χ4v) is 5.07. The van der Waals surface area contributed by atoms with Crippen LogP contribution in [0.4, 0.5) is 0 Å². The highest BCUT2D eigenvalue weighted by atomic mass is 32.1. The van der Waals surface area contributed by atoms with Gasteiger partial charge in [0.2, 0.25) is 5.91 Å². The number of carbonyl (C=O) groups is 1. The normalized spacial score (nSPS) is 44.8. The minimum Gasteiger partial charge on any atom is -0.394 e. The Kier molecular flexibility index (Phi) is 16.3. The molecule has 1 amide bonds. The van der Waals surface area contributed by atoms with Crippen LogP contribution in [0.25, 0.3) is 0 Å². The summed E-state index contributed by atoms with van der Waals surface area (Å²) in [6, 6.07) is -3.45. The van der Waals surface area contributed by atoms with Crippen molar-refractivity contribution < 1.29 is 64.6 Å². The summed E-state index contributed by atoms with van der Waals surface area (Å²) in [5.41, 5.74) is 23.1. The summed E-state index contributed by atoms with van der Waals surface area (Å²) in [5.74, 6) is -0.845. The van der Waals surface area contributed by atoms with Gasteiger partial charge in [-0.1, -0.05) is 0 Å². The van der Waals surface area contributed by atoms with Crippen molar-refractivity contribution in [1.29, 1.82) is 0 Å². The highest BCUT2D eigenvalue weighted by Crippen LogP contribution is 2.32. The fourth-order valence-electron chi connectivity index (χ4n) is 5.07. The Morgan fingerprint density at radius 3 is 1.98 bits per heavy atom. The number of ether oxygens (including phenoxy) is 4. The molecule has 3 fully saturated rings. The number of aliphatic hydroxyl groups excluding tert-OH is 8. The molecule has 1 saturated carbocycles. The molecule has 3 rings (SSSR count). The minimum absolute atomic E-state index is 0. The second-order valence-electron chi connectivity index (χ2n) is 10.3. The van der Waals surface area contributed by atoms with Gasteiger partial charge in [0.15, 0.2) is 12.6 Å². The van der Waals surface area contributed by atoms with E-state index in [-0.39, 0.29) is 52.9 Å². The second kappa shape index (κ2) is 17.3. The molecule has 2 heterocycles. The van der Waals surface area contributed by atoms with E-state index in [4.69, 9.17) is 41.9 Å². The van der Waals surface area contributed by atoms with Crippen LogP contribution in [0.5, 0.6) is 0 Å². The van der Waals surface area contributed by atoms with Crippen molar-refractivity contribution in [3.63, 3.8) is 0 Å². The Hall–Kier alpha value is -0.470. The van der Waals surface area contributed by atoms with E-state index >= 15 is 0 Å². The van der Waals surface area contributed by atoms with Crippen LogP contribution in [0.1, 0.15) is 12.8 Å². The van der Waals surface area contributed by atoms with E-state index in [0.29, 0.717) is 0 Å². The van der Waals surface area contributed by atoms with Gasteiger partial charge in [0.1, 0.15) is 67.1 Å². The van der Waals surface area contributed by atoms with Crippen molar-refractivity contribution in [3.8, 4) is 0 Å². The topological polar surface area (TPSA) is 332 Å². The maximum absolute atomic E-state index is 12.6. The molecule has 0 aromatic carbocycles. The van der Waals surface area contributed by atoms with Gasteiger partial charge >= 0.3 is 0 Å². The van der Waals surface area contributed by atoms with Crippen molar-refractivity contribution in [1.82, 2.24) is 5.32 Å². The second-order valence-corrected chi connectivity index (χ2v) is 10.3. The number of aliphatic hydroxyl groups is 8. The molecule has 0 unspecified atom stereocenters. The van der Waals surface area contributed by atoms with Crippen LogP contribution in [0.3, 0.4) is 0 Å². The van der Waals surface area contributed by atoms with E-state index in [1.807, 2.05) is 0 Å². The summed E-state index contributed by atoms with van der Waals surface area (Å²) in [5, 5.41) is 84.9. The van der Waals surface area contributed by atoms with Gasteiger partial charge in [-0.3, -0.25) is 4.79 Å². The number of amides is 1. The summed E-state index contributed by atoms with van der Waals surface area (Å²) in [6.45, 7) is -0.898. The number of hydrogen-bond acceptors (Lipinski definition) is 17. The molecular weight excluding hydrogens is 606 g/mol. The molecule has 42 heavy (non-hydrogen) atoms. The van der Waals surface area contributed by atoms with Crippen molar-refractivity contribution >= 4 is 32.9 Å². The predicted molar refractivity (Wildman–Crippen MR) is 152 cm³/mol. The third kappa shape index (κ3) is 8.62. The third-order valence-corrected chi connectivity index (χ3v) is 7.51. The average Bonchev–Trinajstić information content (AvgIpc) is 2.92. The Labute approximate surface area is 256 Å². The maximum Gasteiger partial charge on any atom is 0.249 e. The van der Waals surface area contributed by atoms with Gasteiger partial charge < -0.3 is 88.1 Å². The summed E-state index contributed by atoms with van der Waals surface area (Å²) in [4.78, 5) is 12.6. The molecule has 1 aliphatic carbocycles. The van der Waals surface area contributed by atoms with Crippen LogP contribution >= 0.6 is 27.0 Å². The highest BCUT2D eigenvalue weighted by molar-refractivity contribution is 7.59. The standard InChI is InChI=1S/C22H43N5O13.2H2S/c23-2-1-8(29)20(36)27-7-3-6(25)18(39-22-16(34)15(33)13(31)9(4-24)37-22)17(35)19(7)40-21-14(32)11(26)12(30)10(5-28)38-21;;/h6-19,21-22,28-35H,1-5,23-26H2,(H,27,36);2*1H2/t6-,7+,8-,9+,10+,11-,12+,13+,14+,15-,16+,17-,18+,19-,21+,22+;;/m0../s1. The first-order valence-electron chi connectivity index (χ1n) is 13.1. The van der Waals surface area contributed by atoms with Crippen molar-refractivity contribution in [2.75, 3.05) is 19.7 Å². The van der Waals surface area contributed by atoms with E-state index in [2.05, 4.69) is 5.32 Å². The van der Waals surface area contributed by atoms with Crippen LogP contribution in [-0.2, 0) is 23.7 Å². The Balaban J connectivity index is 0.00000441. The zero-order valence-electron chi connectivity index (χ0n) is 22.7. The average molecular weight is 654 g/mol. The molecule has 17 N–H and O–H groups in total. The van der Waals surface area contributed by atoms with E-state index in [1.165, 1.54) is 0 Å². The van der Waals surface area contributed by atoms with Crippen molar-refractivity contribution in [2.24, 2.45) is 22.9 Å². The maximum atomic E-state index is 12.6. The van der Waals surface area contributed by atoms with Crippen LogP contribution in [-0.4, -0.2) is 164 Å². The first-order valence-corrected chi connectivity index (χ1v) is 13.1. The lowest BCUT2D eigenvalue weighted by atomic mass is 9.83. The largest absolute Gasteiger partial charge is 0.394 e. The zero-order chi connectivity index (χ0) is 29.9. The van der Waals surface area contributed by atoms with Gasteiger partial charge in [-0.15, -0.1) is 0 Å². The number of nitrogens with one attached hydrogen (secondary N) is 1. The van der Waals surface area contributed by atoms with E-state index < -0.39 is 110 Å². The van der Waals surface area contributed by atoms with Gasteiger partial charge in [0, 0.05) is 12.6 Å². The summed E-state index contributed by atoms with van der Waals surface area (Å²) >= 11 is 0. The van der Waals surface area contributed by atoms with Crippen molar-refractivity contribution in [2.45, 2.75) is 111 Å². The Morgan fingerprint density at radius 2 is 1.40 bits per heavy atom. The molecule has 0 aromatic rings. The van der Waals surface area contributed by atoms with Crippen LogP contribution in [0.2, 0.25) is 0 Å². The molecular formula is C22H47N5O13S2. The quantitative estimate of drug-likeness (QED) is 0.104. The monoisotopic (exact) mass is 653 g/mol. The van der Waals surface area contributed by atoms with Gasteiger partial charge in [-0.2, -0.15) is 27.0 Å². The van der Waals surface area contributed by atoms with E-state index in [9.17, 15) is 45.6 Å². The molecule has 2 aliphatic heterocycles. The molecule has 3 aliphatic rings. The number of nitrogens with two attached hydrogens (primary N) is 4. The van der Waals surface area contributed by atoms with E-state index in [0.717, 1.165) is 0 Å². The molecule has 18 nitrogen and oxygen atoms in total. The SMILES string of the molecule is NCC[C@H](O)C(=O)N[C@@H]1C[C@H](N)[C@@H](O[C@H]2O[C@H](CN)[C@@H](O)[C@H](O)[C@H]2O)[C@H](O)[C@H]1O[C@H]1O[C@H](CO)[C@@H](O)[C@H](N)[C@H]1O.S.S. The zero-order valence-corrected chi connectivity index (χ0v) is 24.7. The van der Waals surface area contributed by atoms with Gasteiger partial charge in [-0.05, 0) is 19.4 Å². The summed E-state index contributed by atoms with van der Waals surface area (Å²) in [7, 11) is 0. The molecule has 16 atom stereocenters. The molecule has 2 saturated heterocycles. The van der Waals surface area contributed by atoms with Gasteiger partial charge in [0.05, 0.1) is 18.7 Å². The molecule has 0 spiro atoms. The van der Waals surface area contributed by atoms with E-state index in [1.54, 1.807) is 0 Å².